The SMILES string of the molecule is CC/C=C\C/C=C\C/C=C\C/C=C\C/C=C\C/C=C\C/C=C\C/C=C\CCCCCCCCC(=O)OCC(COC(=O)CC/C=C\C/C=C\C/C=C\C/C=C\CC)OC(=O)CCCCCCCCCCCCCCCCC. The molecule has 6 heteroatoms. The van der Waals surface area contributed by atoms with Crippen LogP contribution in [0.15, 0.2) is 146 Å². The zero-order valence-electron chi connectivity index (χ0n) is 49.7. The Morgan fingerprint density at radius 2 is 0.532 bits per heavy atom. The molecule has 0 aliphatic heterocycles. The number of hydrogen-bond acceptors (Lipinski definition) is 6. The molecule has 0 saturated heterocycles. The monoisotopic (exact) mass is 1060 g/mol. The first-order chi connectivity index (χ1) is 38.0. The first-order valence-electron chi connectivity index (χ1n) is 31.3. The molecule has 0 aliphatic rings. The Morgan fingerprint density at radius 3 is 0.870 bits per heavy atom. The molecule has 0 spiro atoms. The minimum Gasteiger partial charge on any atom is -0.462 e. The van der Waals surface area contributed by atoms with Crippen molar-refractivity contribution in [3.63, 3.8) is 0 Å². The molecule has 0 heterocycles. The number of esters is 3. The van der Waals surface area contributed by atoms with Gasteiger partial charge in [0.1, 0.15) is 13.2 Å². The highest BCUT2D eigenvalue weighted by molar-refractivity contribution is 5.71. The Balaban J connectivity index is 4.36. The average molecular weight is 1060 g/mol. The Kier molecular flexibility index (Phi) is 59.9. The van der Waals surface area contributed by atoms with Crippen LogP contribution in [0.4, 0.5) is 0 Å². The summed E-state index contributed by atoms with van der Waals surface area (Å²) in [6.07, 6.45) is 91.5. The fraction of sp³-hybridized carbons (Fsp3) is 0.620. The molecule has 0 N–H and O–H groups in total. The second kappa shape index (κ2) is 63.8. The summed E-state index contributed by atoms with van der Waals surface area (Å²) in [7, 11) is 0. The van der Waals surface area contributed by atoms with Crippen molar-refractivity contribution in [1.29, 1.82) is 0 Å². The maximum Gasteiger partial charge on any atom is 0.306 e. The minimum atomic E-state index is -0.817. The van der Waals surface area contributed by atoms with Gasteiger partial charge in [-0.1, -0.05) is 282 Å². The summed E-state index contributed by atoms with van der Waals surface area (Å²) >= 11 is 0. The summed E-state index contributed by atoms with van der Waals surface area (Å²) in [5.41, 5.74) is 0. The molecule has 1 atom stereocenters. The molecule has 0 aromatic rings. The zero-order valence-corrected chi connectivity index (χ0v) is 49.7. The smallest absolute Gasteiger partial charge is 0.306 e. The lowest BCUT2D eigenvalue weighted by atomic mass is 10.0. The second-order valence-corrected chi connectivity index (χ2v) is 20.2. The molecule has 0 aromatic carbocycles. The Bertz CT molecular complexity index is 1700. The van der Waals surface area contributed by atoms with Crippen molar-refractivity contribution in [1.82, 2.24) is 0 Å². The van der Waals surface area contributed by atoms with E-state index in [0.29, 0.717) is 19.3 Å². The predicted octanol–water partition coefficient (Wildman–Crippen LogP) is 21.5. The number of ether oxygens (including phenoxy) is 3. The number of hydrogen-bond donors (Lipinski definition) is 0. The lowest BCUT2D eigenvalue weighted by Gasteiger charge is -2.18. The van der Waals surface area contributed by atoms with E-state index >= 15 is 0 Å². The van der Waals surface area contributed by atoms with Gasteiger partial charge in [0.25, 0.3) is 0 Å². The van der Waals surface area contributed by atoms with Crippen molar-refractivity contribution in [3.05, 3.63) is 146 Å². The van der Waals surface area contributed by atoms with Gasteiger partial charge in [-0.25, -0.2) is 0 Å². The minimum absolute atomic E-state index is 0.111. The van der Waals surface area contributed by atoms with Gasteiger partial charge in [-0.05, 0) is 109 Å². The average Bonchev–Trinajstić information content (AvgIpc) is 3.43. The Morgan fingerprint density at radius 1 is 0.273 bits per heavy atom. The second-order valence-electron chi connectivity index (χ2n) is 20.2. The summed E-state index contributed by atoms with van der Waals surface area (Å²) in [4.78, 5) is 38.2. The van der Waals surface area contributed by atoms with E-state index in [9.17, 15) is 14.4 Å². The molecule has 77 heavy (non-hydrogen) atoms. The van der Waals surface area contributed by atoms with Crippen molar-refractivity contribution in [2.24, 2.45) is 0 Å². The molecular formula is C71H114O6. The number of carbonyl (C=O) groups excluding carboxylic acids is 3. The molecule has 0 saturated carbocycles. The quantitative estimate of drug-likeness (QED) is 0.0261. The van der Waals surface area contributed by atoms with E-state index in [2.05, 4.69) is 161 Å². The van der Waals surface area contributed by atoms with Crippen LogP contribution in [0.3, 0.4) is 0 Å². The van der Waals surface area contributed by atoms with Crippen molar-refractivity contribution in [2.75, 3.05) is 13.2 Å². The summed E-state index contributed by atoms with van der Waals surface area (Å²) < 4.78 is 16.8. The maximum absolute atomic E-state index is 12.9. The topological polar surface area (TPSA) is 78.9 Å². The summed E-state index contributed by atoms with van der Waals surface area (Å²) in [6.45, 7) is 6.34. The van der Waals surface area contributed by atoms with Crippen LogP contribution >= 0.6 is 0 Å². The highest BCUT2D eigenvalue weighted by Crippen LogP contribution is 2.15. The normalized spacial score (nSPS) is 13.1. The highest BCUT2D eigenvalue weighted by atomic mass is 16.6. The molecule has 434 valence electrons. The molecule has 0 bridgehead atoms. The van der Waals surface area contributed by atoms with Gasteiger partial charge in [0.05, 0.1) is 0 Å². The summed E-state index contributed by atoms with van der Waals surface area (Å²) in [5.74, 6) is -1.01. The van der Waals surface area contributed by atoms with Crippen molar-refractivity contribution >= 4 is 17.9 Å². The van der Waals surface area contributed by atoms with Crippen LogP contribution in [0.5, 0.6) is 0 Å². The molecule has 0 radical (unpaired) electrons. The number of unbranched alkanes of at least 4 members (excludes halogenated alkanes) is 20. The molecule has 0 rings (SSSR count). The van der Waals surface area contributed by atoms with E-state index in [1.165, 1.54) is 89.9 Å². The van der Waals surface area contributed by atoms with Crippen LogP contribution in [0, 0.1) is 0 Å². The zero-order chi connectivity index (χ0) is 55.7. The molecular weight excluding hydrogens is 949 g/mol. The van der Waals surface area contributed by atoms with Crippen molar-refractivity contribution in [3.8, 4) is 0 Å². The molecule has 0 amide bonds. The van der Waals surface area contributed by atoms with E-state index in [4.69, 9.17) is 14.2 Å². The first kappa shape index (κ1) is 72.3. The van der Waals surface area contributed by atoms with E-state index in [-0.39, 0.29) is 37.5 Å². The number of carbonyl (C=O) groups is 3. The van der Waals surface area contributed by atoms with Gasteiger partial charge in [0.15, 0.2) is 6.10 Å². The van der Waals surface area contributed by atoms with Gasteiger partial charge >= 0.3 is 17.9 Å². The van der Waals surface area contributed by atoms with Gasteiger partial charge in [0.2, 0.25) is 0 Å². The number of rotatable bonds is 55. The fourth-order valence-corrected chi connectivity index (χ4v) is 8.24. The third-order valence-electron chi connectivity index (χ3n) is 12.9. The van der Waals surface area contributed by atoms with Crippen LogP contribution in [0.2, 0.25) is 0 Å². The molecule has 0 aliphatic carbocycles. The van der Waals surface area contributed by atoms with Gasteiger partial charge in [-0.3, -0.25) is 14.4 Å². The third-order valence-corrected chi connectivity index (χ3v) is 12.9. The van der Waals surface area contributed by atoms with E-state index in [0.717, 1.165) is 128 Å². The van der Waals surface area contributed by atoms with E-state index in [1.54, 1.807) is 0 Å². The van der Waals surface area contributed by atoms with Crippen molar-refractivity contribution in [2.45, 2.75) is 271 Å². The first-order valence-corrected chi connectivity index (χ1v) is 31.3. The van der Waals surface area contributed by atoms with Gasteiger partial charge in [0, 0.05) is 19.3 Å². The Labute approximate surface area is 474 Å². The van der Waals surface area contributed by atoms with E-state index < -0.39 is 6.10 Å². The third kappa shape index (κ3) is 62.0. The molecule has 1 unspecified atom stereocenters. The Hall–Kier alpha value is -4.71. The summed E-state index contributed by atoms with van der Waals surface area (Å²) in [6, 6.07) is 0. The maximum atomic E-state index is 12.9. The van der Waals surface area contributed by atoms with Crippen LogP contribution < -0.4 is 0 Å². The van der Waals surface area contributed by atoms with Crippen LogP contribution in [-0.4, -0.2) is 37.2 Å². The van der Waals surface area contributed by atoms with Gasteiger partial charge in [-0.2, -0.15) is 0 Å². The van der Waals surface area contributed by atoms with Crippen LogP contribution in [-0.2, 0) is 28.6 Å². The lowest BCUT2D eigenvalue weighted by Crippen LogP contribution is -2.30. The van der Waals surface area contributed by atoms with E-state index in [1.807, 2.05) is 6.08 Å². The van der Waals surface area contributed by atoms with Crippen molar-refractivity contribution < 1.29 is 28.6 Å². The molecule has 0 aromatic heterocycles. The number of allylic oxidation sites excluding steroid dienone is 24. The molecule has 6 nitrogen and oxygen atoms in total. The largest absolute Gasteiger partial charge is 0.462 e. The van der Waals surface area contributed by atoms with Crippen LogP contribution in [0.1, 0.15) is 265 Å². The standard InChI is InChI=1S/C71H114O6/c1-4-7-10-13-16-19-22-25-27-28-29-30-31-32-33-34-35-36-37-38-39-40-41-42-44-46-49-52-55-58-61-64-70(73)76-67-68(66-75-69(72)63-60-57-54-51-48-45-24-21-18-15-12-9-6-3)77-71(74)65-62-59-56-53-50-47-43-26-23-20-17-14-11-8-5-2/h7,9-10,12,16,18-19,21,25,27,29-30,32-33,35-36,38-39,41-42,45,48,54,57,68H,4-6,8,11,13-15,17,20,22-24,26,28,31,34,37,40,43-44,46-47,49-53,55-56,58-67H2,1-3H3/b10-7-,12-9-,19-16-,21-18-,27-25-,30-29-,33-32-,36-35-,39-38-,42-41-,48-45-,57-54-. The lowest BCUT2D eigenvalue weighted by molar-refractivity contribution is -0.166. The van der Waals surface area contributed by atoms with Crippen LogP contribution in [0.25, 0.3) is 0 Å². The molecule has 0 fully saturated rings. The highest BCUT2D eigenvalue weighted by Gasteiger charge is 2.19. The van der Waals surface area contributed by atoms with Gasteiger partial charge in [-0.15, -0.1) is 0 Å². The fourth-order valence-electron chi connectivity index (χ4n) is 8.24. The predicted molar refractivity (Wildman–Crippen MR) is 334 cm³/mol. The van der Waals surface area contributed by atoms with Gasteiger partial charge < -0.3 is 14.2 Å². The summed E-state index contributed by atoms with van der Waals surface area (Å²) in [5, 5.41) is 0.